The lowest BCUT2D eigenvalue weighted by Crippen LogP contribution is -2.46. The summed E-state index contributed by atoms with van der Waals surface area (Å²) in [7, 11) is 0. The zero-order valence-electron chi connectivity index (χ0n) is 12.8. The normalized spacial score (nSPS) is 21.4. The Morgan fingerprint density at radius 3 is 2.59 bits per heavy atom. The predicted molar refractivity (Wildman–Crippen MR) is 93.9 cm³/mol. The van der Waals surface area contributed by atoms with Gasteiger partial charge in [0.2, 0.25) is 5.13 Å². The fraction of sp³-hybridized carbons (Fsp3) is 0.625. The molecular formula is C16H22N4S2. The highest BCUT2D eigenvalue weighted by Crippen LogP contribution is 2.28. The number of hydrogen-bond acceptors (Lipinski definition) is 6. The van der Waals surface area contributed by atoms with Crippen molar-refractivity contribution in [2.75, 3.05) is 31.1 Å². The first-order valence-corrected chi connectivity index (χ1v) is 9.97. The molecule has 0 N–H and O–H groups in total. The summed E-state index contributed by atoms with van der Waals surface area (Å²) < 4.78 is 4.53. The van der Waals surface area contributed by atoms with Crippen LogP contribution in [0.1, 0.15) is 32.1 Å². The molecule has 6 heteroatoms. The Morgan fingerprint density at radius 2 is 1.86 bits per heavy atom. The fourth-order valence-electron chi connectivity index (χ4n) is 3.56. The summed E-state index contributed by atoms with van der Waals surface area (Å²) in [6.45, 7) is 4.87. The first kappa shape index (κ1) is 14.6. The quantitative estimate of drug-likeness (QED) is 0.856. The number of piperidine rings is 2. The van der Waals surface area contributed by atoms with Crippen molar-refractivity contribution in [1.82, 2.24) is 14.3 Å². The molecule has 4 rings (SSSR count). The second-order valence-electron chi connectivity index (χ2n) is 6.23. The Balaban J connectivity index is 1.37. The zero-order valence-corrected chi connectivity index (χ0v) is 14.4. The van der Waals surface area contributed by atoms with Crippen molar-refractivity contribution in [2.24, 2.45) is 0 Å². The molecule has 2 fully saturated rings. The first-order valence-electron chi connectivity index (χ1n) is 8.25. The maximum atomic E-state index is 4.74. The van der Waals surface area contributed by atoms with Crippen LogP contribution in [-0.4, -0.2) is 46.5 Å². The Hall–Kier alpha value is -0.980. The van der Waals surface area contributed by atoms with E-state index in [1.807, 2.05) is 0 Å². The third-order valence-corrected chi connectivity index (χ3v) is 6.30. The molecule has 0 spiro atoms. The number of rotatable bonds is 3. The lowest BCUT2D eigenvalue weighted by Gasteiger charge is -2.40. The van der Waals surface area contributed by atoms with E-state index in [-0.39, 0.29) is 0 Å². The van der Waals surface area contributed by atoms with Gasteiger partial charge in [-0.1, -0.05) is 6.42 Å². The molecule has 2 aromatic rings. The third-order valence-electron chi connectivity index (χ3n) is 4.84. The van der Waals surface area contributed by atoms with Gasteiger partial charge in [-0.15, -0.1) is 0 Å². The maximum Gasteiger partial charge on any atom is 0.205 e. The predicted octanol–water partition coefficient (Wildman–Crippen LogP) is 3.72. The minimum atomic E-state index is 0.792. The lowest BCUT2D eigenvalue weighted by atomic mass is 10.0. The highest BCUT2D eigenvalue weighted by molar-refractivity contribution is 7.10. The van der Waals surface area contributed by atoms with Crippen molar-refractivity contribution in [2.45, 2.75) is 38.1 Å². The van der Waals surface area contributed by atoms with Crippen LogP contribution in [0.3, 0.4) is 0 Å². The van der Waals surface area contributed by atoms with Crippen LogP contribution in [0.4, 0.5) is 5.13 Å². The molecule has 0 saturated carbocycles. The van der Waals surface area contributed by atoms with Gasteiger partial charge in [0.1, 0.15) is 0 Å². The van der Waals surface area contributed by atoms with E-state index in [1.165, 1.54) is 45.2 Å². The van der Waals surface area contributed by atoms with Gasteiger partial charge >= 0.3 is 0 Å². The number of aromatic nitrogens is 2. The summed E-state index contributed by atoms with van der Waals surface area (Å²) in [6.07, 6.45) is 6.74. The zero-order chi connectivity index (χ0) is 14.8. The molecule has 0 radical (unpaired) electrons. The maximum absolute atomic E-state index is 4.74. The van der Waals surface area contributed by atoms with Crippen LogP contribution >= 0.6 is 22.9 Å². The molecule has 4 nitrogen and oxygen atoms in total. The summed E-state index contributed by atoms with van der Waals surface area (Å²) in [6, 6.07) is 2.89. The van der Waals surface area contributed by atoms with Crippen molar-refractivity contribution >= 4 is 28.0 Å². The summed E-state index contributed by atoms with van der Waals surface area (Å²) in [5.41, 5.74) is 1.15. The molecule has 0 aromatic carbocycles. The van der Waals surface area contributed by atoms with Gasteiger partial charge < -0.3 is 9.80 Å². The molecule has 118 valence electrons. The molecule has 2 aromatic heterocycles. The van der Waals surface area contributed by atoms with Gasteiger partial charge in [-0.25, -0.2) is 0 Å². The van der Waals surface area contributed by atoms with Crippen LogP contribution in [-0.2, 0) is 0 Å². The van der Waals surface area contributed by atoms with Crippen molar-refractivity contribution in [3.05, 3.63) is 16.8 Å². The van der Waals surface area contributed by atoms with Gasteiger partial charge in [-0.2, -0.15) is 20.7 Å². The number of thiophene rings is 1. The fourth-order valence-corrected chi connectivity index (χ4v) is 4.93. The minimum Gasteiger partial charge on any atom is -0.347 e. The van der Waals surface area contributed by atoms with E-state index in [1.54, 1.807) is 22.9 Å². The molecule has 0 unspecified atom stereocenters. The van der Waals surface area contributed by atoms with Crippen LogP contribution < -0.4 is 4.90 Å². The molecule has 22 heavy (non-hydrogen) atoms. The van der Waals surface area contributed by atoms with Crippen molar-refractivity contribution in [3.8, 4) is 11.4 Å². The molecule has 0 atom stereocenters. The van der Waals surface area contributed by atoms with Crippen molar-refractivity contribution < 1.29 is 0 Å². The van der Waals surface area contributed by atoms with Crippen molar-refractivity contribution in [1.29, 1.82) is 0 Å². The minimum absolute atomic E-state index is 0.792. The number of hydrogen-bond donors (Lipinski definition) is 0. The monoisotopic (exact) mass is 334 g/mol. The molecule has 0 bridgehead atoms. The standard InChI is InChI=1S/C16H22N4S2/c1-2-7-19(8-3-1)14-4-9-20(10-5-14)16-17-15(18-22-16)13-6-11-21-12-13/h6,11-12,14H,1-5,7-10H2. The summed E-state index contributed by atoms with van der Waals surface area (Å²) in [5.74, 6) is 0.888. The number of anilines is 1. The topological polar surface area (TPSA) is 32.3 Å². The molecule has 2 aliphatic rings. The van der Waals surface area contributed by atoms with Gasteiger partial charge in [0.05, 0.1) is 0 Å². The number of nitrogens with zero attached hydrogens (tertiary/aromatic N) is 4. The highest BCUT2D eigenvalue weighted by Gasteiger charge is 2.27. The van der Waals surface area contributed by atoms with E-state index in [4.69, 9.17) is 4.98 Å². The van der Waals surface area contributed by atoms with E-state index in [2.05, 4.69) is 31.0 Å². The van der Waals surface area contributed by atoms with Gasteiger partial charge in [0, 0.05) is 41.6 Å². The Labute approximate surface area is 140 Å². The van der Waals surface area contributed by atoms with E-state index < -0.39 is 0 Å². The summed E-state index contributed by atoms with van der Waals surface area (Å²) in [4.78, 5) is 9.88. The molecule has 2 saturated heterocycles. The van der Waals surface area contributed by atoms with Crippen LogP contribution in [0, 0.1) is 0 Å². The Bertz CT molecular complexity index is 581. The molecule has 0 aliphatic carbocycles. The average Bonchev–Trinajstić information content (AvgIpc) is 3.27. The second kappa shape index (κ2) is 6.64. The van der Waals surface area contributed by atoms with Crippen molar-refractivity contribution in [3.63, 3.8) is 0 Å². The second-order valence-corrected chi connectivity index (χ2v) is 7.74. The van der Waals surface area contributed by atoms with Gasteiger partial charge in [-0.3, -0.25) is 0 Å². The molecule has 4 heterocycles. The van der Waals surface area contributed by atoms with Crippen LogP contribution in [0.25, 0.3) is 11.4 Å². The third kappa shape index (κ3) is 3.05. The summed E-state index contributed by atoms with van der Waals surface area (Å²) in [5, 5.41) is 5.30. The van der Waals surface area contributed by atoms with E-state index >= 15 is 0 Å². The van der Waals surface area contributed by atoms with Crippen LogP contribution in [0.2, 0.25) is 0 Å². The number of likely N-dealkylation sites (tertiary alicyclic amines) is 1. The Morgan fingerprint density at radius 1 is 1.05 bits per heavy atom. The van der Waals surface area contributed by atoms with E-state index in [9.17, 15) is 0 Å². The first-order chi connectivity index (χ1) is 10.9. The van der Waals surface area contributed by atoms with Crippen LogP contribution in [0.5, 0.6) is 0 Å². The highest BCUT2D eigenvalue weighted by atomic mass is 32.1. The largest absolute Gasteiger partial charge is 0.347 e. The SMILES string of the molecule is c1cc(-c2nsc(N3CCC(N4CCCCC4)CC3)n2)cs1. The lowest BCUT2D eigenvalue weighted by molar-refractivity contribution is 0.141. The van der Waals surface area contributed by atoms with Gasteiger partial charge in [0.25, 0.3) is 0 Å². The smallest absolute Gasteiger partial charge is 0.205 e. The molecule has 2 aliphatic heterocycles. The molecular weight excluding hydrogens is 312 g/mol. The Kier molecular flexibility index (Phi) is 4.41. The summed E-state index contributed by atoms with van der Waals surface area (Å²) >= 11 is 3.25. The average molecular weight is 335 g/mol. The van der Waals surface area contributed by atoms with E-state index in [0.29, 0.717) is 0 Å². The van der Waals surface area contributed by atoms with Crippen LogP contribution in [0.15, 0.2) is 16.8 Å². The van der Waals surface area contributed by atoms with E-state index in [0.717, 1.165) is 35.7 Å². The van der Waals surface area contributed by atoms with Gasteiger partial charge in [-0.05, 0) is 50.2 Å². The molecule has 0 amide bonds. The van der Waals surface area contributed by atoms with Gasteiger partial charge in [0.15, 0.2) is 5.82 Å².